The van der Waals surface area contributed by atoms with Crippen molar-refractivity contribution in [2.45, 2.75) is 52.5 Å². The minimum Gasteiger partial charge on any atom is -0.461 e. The van der Waals surface area contributed by atoms with E-state index >= 15 is 0 Å². The summed E-state index contributed by atoms with van der Waals surface area (Å²) in [5.41, 5.74) is 6.36. The molecule has 106 valence electrons. The number of nitrogen functional groups attached to an aromatic ring is 1. The lowest BCUT2D eigenvalue weighted by atomic mass is 10.1. The Kier molecular flexibility index (Phi) is 4.45. The summed E-state index contributed by atoms with van der Waals surface area (Å²) in [6.45, 7) is 5.03. The van der Waals surface area contributed by atoms with Crippen molar-refractivity contribution >= 4 is 11.8 Å². The minimum absolute atomic E-state index is 0.275. The number of hydrogen-bond donors (Lipinski definition) is 1. The number of aryl methyl sites for hydroxylation is 1. The van der Waals surface area contributed by atoms with Crippen molar-refractivity contribution in [3.63, 3.8) is 0 Å². The molecule has 0 saturated heterocycles. The standard InChI is InChI=1S/C14H23N3O2/c1-3-11-16-12(14(18)19-4-2)13(15)17(11)9-10-7-5-6-8-10/h10H,3-9,15H2,1-2H3. The zero-order chi connectivity index (χ0) is 13.8. The van der Waals surface area contributed by atoms with Crippen LogP contribution in [0, 0.1) is 5.92 Å². The maximum absolute atomic E-state index is 11.8. The third kappa shape index (κ3) is 2.91. The lowest BCUT2D eigenvalue weighted by Gasteiger charge is -2.13. The molecule has 1 aliphatic rings. The number of nitrogens with zero attached hydrogens (tertiary/aromatic N) is 2. The second-order valence-corrected chi connectivity index (χ2v) is 5.10. The van der Waals surface area contributed by atoms with Crippen LogP contribution in [0.3, 0.4) is 0 Å². The van der Waals surface area contributed by atoms with E-state index in [9.17, 15) is 4.79 Å². The van der Waals surface area contributed by atoms with Crippen LogP contribution in [-0.4, -0.2) is 22.1 Å². The Morgan fingerprint density at radius 1 is 1.42 bits per heavy atom. The van der Waals surface area contributed by atoms with E-state index in [1.807, 2.05) is 11.5 Å². The lowest BCUT2D eigenvalue weighted by molar-refractivity contribution is 0.0521. The number of nitrogens with two attached hydrogens (primary N) is 1. The lowest BCUT2D eigenvalue weighted by Crippen LogP contribution is -2.14. The van der Waals surface area contributed by atoms with Crippen LogP contribution in [-0.2, 0) is 17.7 Å². The molecule has 0 aromatic carbocycles. The van der Waals surface area contributed by atoms with Crippen LogP contribution in [0.5, 0.6) is 0 Å². The Morgan fingerprint density at radius 3 is 2.68 bits per heavy atom. The molecule has 19 heavy (non-hydrogen) atoms. The predicted molar refractivity (Wildman–Crippen MR) is 73.9 cm³/mol. The average Bonchev–Trinajstić information content (AvgIpc) is 3.00. The molecular formula is C14H23N3O2. The highest BCUT2D eigenvalue weighted by atomic mass is 16.5. The first kappa shape index (κ1) is 13.9. The fourth-order valence-corrected chi connectivity index (χ4v) is 2.79. The molecule has 1 heterocycles. The number of imidazole rings is 1. The van der Waals surface area contributed by atoms with E-state index < -0.39 is 5.97 Å². The molecule has 1 aliphatic carbocycles. The van der Waals surface area contributed by atoms with Gasteiger partial charge in [0.1, 0.15) is 11.6 Å². The summed E-state index contributed by atoms with van der Waals surface area (Å²) in [6.07, 6.45) is 5.86. The van der Waals surface area contributed by atoms with Gasteiger partial charge in [-0.3, -0.25) is 0 Å². The Morgan fingerprint density at radius 2 is 2.11 bits per heavy atom. The molecule has 0 radical (unpaired) electrons. The number of carbonyl (C=O) groups is 1. The van der Waals surface area contributed by atoms with Crippen molar-refractivity contribution in [3.05, 3.63) is 11.5 Å². The molecule has 2 N–H and O–H groups in total. The van der Waals surface area contributed by atoms with Crippen LogP contribution in [0.25, 0.3) is 0 Å². The summed E-state index contributed by atoms with van der Waals surface area (Å²) in [7, 11) is 0. The van der Waals surface area contributed by atoms with E-state index in [2.05, 4.69) is 4.98 Å². The van der Waals surface area contributed by atoms with E-state index in [1.165, 1.54) is 25.7 Å². The van der Waals surface area contributed by atoms with E-state index in [-0.39, 0.29) is 5.69 Å². The molecular weight excluding hydrogens is 242 g/mol. The number of carbonyl (C=O) groups excluding carboxylic acids is 1. The van der Waals surface area contributed by atoms with Gasteiger partial charge in [-0.1, -0.05) is 19.8 Å². The third-order valence-corrected chi connectivity index (χ3v) is 3.79. The molecule has 0 spiro atoms. The van der Waals surface area contributed by atoms with Crippen molar-refractivity contribution < 1.29 is 9.53 Å². The highest BCUT2D eigenvalue weighted by molar-refractivity contribution is 5.92. The monoisotopic (exact) mass is 265 g/mol. The molecule has 1 aromatic heterocycles. The average molecular weight is 265 g/mol. The van der Waals surface area contributed by atoms with E-state index in [0.717, 1.165) is 18.8 Å². The van der Waals surface area contributed by atoms with Gasteiger partial charge in [-0.05, 0) is 25.7 Å². The van der Waals surface area contributed by atoms with Crippen LogP contribution < -0.4 is 5.73 Å². The van der Waals surface area contributed by atoms with Gasteiger partial charge >= 0.3 is 5.97 Å². The summed E-state index contributed by atoms with van der Waals surface area (Å²) < 4.78 is 7.00. The zero-order valence-electron chi connectivity index (χ0n) is 11.8. The molecule has 2 rings (SSSR count). The minimum atomic E-state index is -0.417. The fraction of sp³-hybridized carbons (Fsp3) is 0.714. The number of anilines is 1. The quantitative estimate of drug-likeness (QED) is 0.830. The van der Waals surface area contributed by atoms with Gasteiger partial charge in [0.15, 0.2) is 5.69 Å². The van der Waals surface area contributed by atoms with Gasteiger partial charge in [0, 0.05) is 13.0 Å². The van der Waals surface area contributed by atoms with Gasteiger partial charge in [-0.2, -0.15) is 0 Å². The summed E-state index contributed by atoms with van der Waals surface area (Å²) in [6, 6.07) is 0. The van der Waals surface area contributed by atoms with Crippen LogP contribution in [0.2, 0.25) is 0 Å². The Hall–Kier alpha value is -1.52. The number of aromatic nitrogens is 2. The number of ether oxygens (including phenoxy) is 1. The van der Waals surface area contributed by atoms with Gasteiger partial charge in [0.2, 0.25) is 0 Å². The SMILES string of the molecule is CCOC(=O)c1nc(CC)n(CC2CCCC2)c1N. The Labute approximate surface area is 114 Å². The van der Waals surface area contributed by atoms with Crippen LogP contribution in [0.1, 0.15) is 55.8 Å². The molecule has 0 aliphatic heterocycles. The molecule has 5 nitrogen and oxygen atoms in total. The van der Waals surface area contributed by atoms with E-state index in [4.69, 9.17) is 10.5 Å². The van der Waals surface area contributed by atoms with Crippen LogP contribution in [0.15, 0.2) is 0 Å². The van der Waals surface area contributed by atoms with Crippen LogP contribution >= 0.6 is 0 Å². The second-order valence-electron chi connectivity index (χ2n) is 5.10. The van der Waals surface area contributed by atoms with Gasteiger partial charge in [0.25, 0.3) is 0 Å². The zero-order valence-corrected chi connectivity index (χ0v) is 11.8. The van der Waals surface area contributed by atoms with E-state index in [0.29, 0.717) is 18.3 Å². The van der Waals surface area contributed by atoms with Crippen molar-refractivity contribution in [2.75, 3.05) is 12.3 Å². The first-order valence-corrected chi connectivity index (χ1v) is 7.19. The van der Waals surface area contributed by atoms with Gasteiger partial charge in [-0.25, -0.2) is 9.78 Å². The largest absolute Gasteiger partial charge is 0.461 e. The van der Waals surface area contributed by atoms with Gasteiger partial charge < -0.3 is 15.0 Å². The normalized spacial score (nSPS) is 15.9. The van der Waals surface area contributed by atoms with E-state index in [1.54, 1.807) is 6.92 Å². The summed E-state index contributed by atoms with van der Waals surface area (Å²) in [5.74, 6) is 1.59. The Bertz CT molecular complexity index is 448. The number of esters is 1. The smallest absolute Gasteiger partial charge is 0.360 e. The molecule has 1 saturated carbocycles. The van der Waals surface area contributed by atoms with Gasteiger partial charge in [0.05, 0.1) is 6.61 Å². The fourth-order valence-electron chi connectivity index (χ4n) is 2.79. The van der Waals surface area contributed by atoms with Crippen molar-refractivity contribution in [3.8, 4) is 0 Å². The maximum atomic E-state index is 11.8. The van der Waals surface area contributed by atoms with Crippen molar-refractivity contribution in [2.24, 2.45) is 5.92 Å². The maximum Gasteiger partial charge on any atom is 0.360 e. The predicted octanol–water partition coefficient (Wildman–Crippen LogP) is 2.39. The van der Waals surface area contributed by atoms with Crippen LogP contribution in [0.4, 0.5) is 5.82 Å². The Balaban J connectivity index is 2.23. The highest BCUT2D eigenvalue weighted by Crippen LogP contribution is 2.28. The first-order chi connectivity index (χ1) is 9.17. The molecule has 1 fully saturated rings. The first-order valence-electron chi connectivity index (χ1n) is 7.19. The summed E-state index contributed by atoms with van der Waals surface area (Å²) in [5, 5.41) is 0. The second kappa shape index (κ2) is 6.08. The molecule has 0 bridgehead atoms. The molecule has 0 amide bonds. The van der Waals surface area contributed by atoms with Crippen molar-refractivity contribution in [1.29, 1.82) is 0 Å². The van der Waals surface area contributed by atoms with Crippen molar-refractivity contribution in [1.82, 2.24) is 9.55 Å². The van der Waals surface area contributed by atoms with Gasteiger partial charge in [-0.15, -0.1) is 0 Å². The highest BCUT2D eigenvalue weighted by Gasteiger charge is 2.23. The molecule has 0 unspecified atom stereocenters. The molecule has 0 atom stereocenters. The number of rotatable bonds is 5. The number of hydrogen-bond acceptors (Lipinski definition) is 4. The third-order valence-electron chi connectivity index (χ3n) is 3.79. The topological polar surface area (TPSA) is 70.1 Å². The molecule has 5 heteroatoms. The summed E-state index contributed by atoms with van der Waals surface area (Å²) in [4.78, 5) is 16.2. The molecule has 1 aromatic rings. The summed E-state index contributed by atoms with van der Waals surface area (Å²) >= 11 is 0.